The topological polar surface area (TPSA) is 70.5 Å². The average Bonchev–Trinajstić information content (AvgIpc) is 2.76. The van der Waals surface area contributed by atoms with E-state index in [0.717, 1.165) is 5.56 Å². The Kier molecular flexibility index (Phi) is 3.18. The number of nitrogens with two attached hydrogens (primary N) is 1. The lowest BCUT2D eigenvalue weighted by Gasteiger charge is -2.12. The first-order valence-electron chi connectivity index (χ1n) is 5.28. The Balaban J connectivity index is 2.57. The highest BCUT2D eigenvalue weighted by molar-refractivity contribution is 5.79. The predicted molar refractivity (Wildman–Crippen MR) is 64.1 cm³/mol. The maximum absolute atomic E-state index is 5.70. The molecule has 2 rings (SSSR count). The average molecular weight is 234 g/mol. The van der Waals surface area contributed by atoms with Gasteiger partial charge in [0.1, 0.15) is 0 Å². The molecule has 0 spiro atoms. The molecule has 0 fully saturated rings. The highest BCUT2D eigenvalue weighted by Gasteiger charge is 2.16. The summed E-state index contributed by atoms with van der Waals surface area (Å²) in [5.41, 5.74) is 7.22. The number of hydrogen-bond donors (Lipinski definition) is 1. The van der Waals surface area contributed by atoms with Gasteiger partial charge in [-0.25, -0.2) is 0 Å². The largest absolute Gasteiger partial charge is 0.493 e. The molecule has 5 heteroatoms. The van der Waals surface area contributed by atoms with Crippen LogP contribution in [0, 0.1) is 0 Å². The summed E-state index contributed by atoms with van der Waals surface area (Å²) in [5, 5.41) is 3.66. The number of hydrogen-bond acceptors (Lipinski definition) is 5. The summed E-state index contributed by atoms with van der Waals surface area (Å²) in [5.74, 6) is 1.57. The van der Waals surface area contributed by atoms with E-state index < -0.39 is 0 Å². The second kappa shape index (κ2) is 4.78. The zero-order chi connectivity index (χ0) is 12.3. The third-order valence-corrected chi connectivity index (χ3v) is 2.38. The number of methoxy groups -OCH3 is 1. The van der Waals surface area contributed by atoms with E-state index in [1.165, 1.54) is 0 Å². The predicted octanol–water partition coefficient (Wildman–Crippen LogP) is 2.33. The summed E-state index contributed by atoms with van der Waals surface area (Å²) in [4.78, 5) is 0. The van der Waals surface area contributed by atoms with Gasteiger partial charge in [-0.15, -0.1) is 0 Å². The van der Waals surface area contributed by atoms with E-state index in [0.29, 0.717) is 23.7 Å². The van der Waals surface area contributed by atoms with Crippen LogP contribution in [-0.4, -0.2) is 18.9 Å². The molecule has 90 valence electrons. The molecule has 5 nitrogen and oxygen atoms in total. The smallest absolute Gasteiger partial charge is 0.230 e. The molecule has 0 aliphatic heterocycles. The van der Waals surface area contributed by atoms with Crippen LogP contribution >= 0.6 is 0 Å². The Morgan fingerprint density at radius 1 is 1.35 bits per heavy atom. The van der Waals surface area contributed by atoms with Crippen molar-refractivity contribution in [1.82, 2.24) is 5.16 Å². The summed E-state index contributed by atoms with van der Waals surface area (Å²) in [6, 6.07) is 5.58. The molecule has 0 aliphatic rings. The summed E-state index contributed by atoms with van der Waals surface area (Å²) < 4.78 is 15.7. The number of benzene rings is 1. The van der Waals surface area contributed by atoms with E-state index in [9.17, 15) is 0 Å². The first-order chi connectivity index (χ1) is 8.27. The molecular formula is C12H14N2O3. The Morgan fingerprint density at radius 2 is 2.18 bits per heavy atom. The Hall–Kier alpha value is -2.17. The fourth-order valence-electron chi connectivity index (χ4n) is 1.63. The fourth-order valence-corrected chi connectivity index (χ4v) is 1.63. The minimum Gasteiger partial charge on any atom is -0.493 e. The van der Waals surface area contributed by atoms with Gasteiger partial charge in [0.25, 0.3) is 0 Å². The molecule has 17 heavy (non-hydrogen) atoms. The lowest BCUT2D eigenvalue weighted by Crippen LogP contribution is -1.98. The number of nitrogens with zero attached hydrogens (tertiary/aromatic N) is 1. The third-order valence-electron chi connectivity index (χ3n) is 2.38. The van der Waals surface area contributed by atoms with Crippen molar-refractivity contribution in [3.63, 3.8) is 0 Å². The molecule has 0 amide bonds. The van der Waals surface area contributed by atoms with Crippen LogP contribution in [0.25, 0.3) is 11.1 Å². The van der Waals surface area contributed by atoms with Crippen LogP contribution in [-0.2, 0) is 0 Å². The second-order valence-corrected chi connectivity index (χ2v) is 3.37. The molecule has 1 aromatic heterocycles. The fraction of sp³-hybridized carbons (Fsp3) is 0.250. The van der Waals surface area contributed by atoms with Crippen molar-refractivity contribution in [2.75, 3.05) is 19.5 Å². The van der Waals surface area contributed by atoms with E-state index in [2.05, 4.69) is 5.16 Å². The number of ether oxygens (including phenoxy) is 2. The van der Waals surface area contributed by atoms with Crippen molar-refractivity contribution < 1.29 is 14.0 Å². The Bertz CT molecular complexity index is 508. The summed E-state index contributed by atoms with van der Waals surface area (Å²) in [6.07, 6.45) is 1.56. The minimum absolute atomic E-state index is 0.263. The third kappa shape index (κ3) is 2.04. The summed E-state index contributed by atoms with van der Waals surface area (Å²) in [7, 11) is 1.60. The lowest BCUT2D eigenvalue weighted by molar-refractivity contribution is 0.312. The molecule has 1 aromatic carbocycles. The maximum atomic E-state index is 5.70. The van der Waals surface area contributed by atoms with Crippen molar-refractivity contribution in [2.24, 2.45) is 0 Å². The monoisotopic (exact) mass is 234 g/mol. The van der Waals surface area contributed by atoms with E-state index in [-0.39, 0.29) is 5.88 Å². The van der Waals surface area contributed by atoms with Crippen molar-refractivity contribution in [1.29, 1.82) is 0 Å². The van der Waals surface area contributed by atoms with Gasteiger partial charge in [0, 0.05) is 5.56 Å². The highest BCUT2D eigenvalue weighted by atomic mass is 16.5. The van der Waals surface area contributed by atoms with E-state index >= 15 is 0 Å². The van der Waals surface area contributed by atoms with Gasteiger partial charge in [-0.05, 0) is 13.0 Å². The number of para-hydroxylation sites is 1. The number of aromatic nitrogens is 1. The maximum Gasteiger partial charge on any atom is 0.230 e. The molecular weight excluding hydrogens is 220 g/mol. The quantitative estimate of drug-likeness (QED) is 0.879. The van der Waals surface area contributed by atoms with Crippen molar-refractivity contribution in [3.05, 3.63) is 24.4 Å². The molecule has 0 saturated carbocycles. The van der Waals surface area contributed by atoms with Crippen LogP contribution in [0.2, 0.25) is 0 Å². The second-order valence-electron chi connectivity index (χ2n) is 3.37. The van der Waals surface area contributed by atoms with Crippen LogP contribution in [0.3, 0.4) is 0 Å². The van der Waals surface area contributed by atoms with Crippen molar-refractivity contribution in [3.8, 4) is 22.6 Å². The van der Waals surface area contributed by atoms with Crippen molar-refractivity contribution in [2.45, 2.75) is 6.92 Å². The molecule has 2 aromatic rings. The zero-order valence-corrected chi connectivity index (χ0v) is 9.77. The molecule has 0 unspecified atom stereocenters. The normalized spacial score (nSPS) is 10.2. The van der Waals surface area contributed by atoms with Gasteiger partial charge in [-0.2, -0.15) is 0 Å². The van der Waals surface area contributed by atoms with Gasteiger partial charge >= 0.3 is 0 Å². The SMILES string of the molecule is CCOc1c(OC)cccc1-c1cnoc1N. The van der Waals surface area contributed by atoms with Crippen LogP contribution < -0.4 is 15.2 Å². The highest BCUT2D eigenvalue weighted by Crippen LogP contribution is 2.40. The van der Waals surface area contributed by atoms with Crippen LogP contribution in [0.5, 0.6) is 11.5 Å². The molecule has 2 N–H and O–H groups in total. The number of nitrogen functional groups attached to an aromatic ring is 1. The Morgan fingerprint density at radius 3 is 2.76 bits per heavy atom. The van der Waals surface area contributed by atoms with Gasteiger partial charge in [0.05, 0.1) is 25.5 Å². The molecule has 1 heterocycles. The molecule has 0 bridgehead atoms. The van der Waals surface area contributed by atoms with Gasteiger partial charge in [-0.3, -0.25) is 0 Å². The van der Waals surface area contributed by atoms with E-state index in [4.69, 9.17) is 19.7 Å². The van der Waals surface area contributed by atoms with Gasteiger partial charge in [0.2, 0.25) is 5.88 Å². The summed E-state index contributed by atoms with van der Waals surface area (Å²) in [6.45, 7) is 2.45. The lowest BCUT2D eigenvalue weighted by atomic mass is 10.1. The first-order valence-corrected chi connectivity index (χ1v) is 5.28. The number of rotatable bonds is 4. The van der Waals surface area contributed by atoms with Gasteiger partial charge in [0.15, 0.2) is 11.5 Å². The zero-order valence-electron chi connectivity index (χ0n) is 9.77. The van der Waals surface area contributed by atoms with Crippen LogP contribution in [0.4, 0.5) is 5.88 Å². The Labute approximate surface area is 99.1 Å². The molecule has 0 atom stereocenters. The number of anilines is 1. The van der Waals surface area contributed by atoms with E-state index in [1.807, 2.05) is 25.1 Å². The van der Waals surface area contributed by atoms with Gasteiger partial charge in [-0.1, -0.05) is 17.3 Å². The van der Waals surface area contributed by atoms with Crippen LogP contribution in [0.1, 0.15) is 6.92 Å². The summed E-state index contributed by atoms with van der Waals surface area (Å²) >= 11 is 0. The molecule has 0 saturated heterocycles. The molecule has 0 aliphatic carbocycles. The van der Waals surface area contributed by atoms with Crippen molar-refractivity contribution >= 4 is 5.88 Å². The van der Waals surface area contributed by atoms with Crippen LogP contribution in [0.15, 0.2) is 28.9 Å². The van der Waals surface area contributed by atoms with E-state index in [1.54, 1.807) is 13.3 Å². The van der Waals surface area contributed by atoms with Gasteiger partial charge < -0.3 is 19.7 Å². The first kappa shape index (κ1) is 11.3. The minimum atomic E-state index is 0.263. The standard InChI is InChI=1S/C12H14N2O3/c1-3-16-11-8(5-4-6-10(11)15-2)9-7-14-17-12(9)13/h4-7H,3,13H2,1-2H3. The molecule has 0 radical (unpaired) electrons.